The van der Waals surface area contributed by atoms with E-state index in [0.29, 0.717) is 5.56 Å². The van der Waals surface area contributed by atoms with Gasteiger partial charge in [0.25, 0.3) is 0 Å². The quantitative estimate of drug-likeness (QED) is 0.436. The van der Waals surface area contributed by atoms with Crippen molar-refractivity contribution in [2.75, 3.05) is 13.7 Å². The molecule has 0 unspecified atom stereocenters. The fraction of sp³-hybridized carbons (Fsp3) is 0.667. The van der Waals surface area contributed by atoms with Crippen LogP contribution in [0.4, 0.5) is 4.79 Å². The minimum atomic E-state index is -2.44. The largest absolute Gasteiger partial charge is 0.467 e. The minimum Gasteiger partial charge on any atom is -0.467 e. The first-order valence-electron chi connectivity index (χ1n) is 10.2. The molecule has 1 amide bonds. The normalized spacial score (nSPS) is 14.0. The van der Waals surface area contributed by atoms with Crippen LogP contribution in [0.2, 0.25) is 16.6 Å². The van der Waals surface area contributed by atoms with Crippen molar-refractivity contribution in [3.63, 3.8) is 0 Å². The lowest BCUT2D eigenvalue weighted by atomic mass is 10.0. The Morgan fingerprint density at radius 3 is 1.97 bits per heavy atom. The number of carbonyl (C=O) groups excluding carboxylic acids is 2. The molecule has 0 aromatic carbocycles. The standard InChI is InChI=1S/C21H36N2O5Si/c1-9-27-21(25)23-18(17-10-12-22-13-11-17)19(20(24)26-8)28-29(14(2)3,15(4)5)16(6)7/h10-16,18-19H,9H2,1-8H3,(H,23,25)/t18-,19+/m0/s1. The molecule has 1 aromatic heterocycles. The van der Waals surface area contributed by atoms with Gasteiger partial charge in [-0.15, -0.1) is 0 Å². The number of alkyl carbamates (subject to hydrolysis) is 1. The third-order valence-electron chi connectivity index (χ3n) is 5.39. The molecule has 2 atom stereocenters. The van der Waals surface area contributed by atoms with Crippen LogP contribution in [0, 0.1) is 0 Å². The number of methoxy groups -OCH3 is 1. The fourth-order valence-electron chi connectivity index (χ4n) is 4.20. The van der Waals surface area contributed by atoms with Gasteiger partial charge in [-0.05, 0) is 41.2 Å². The van der Waals surface area contributed by atoms with Crippen LogP contribution >= 0.6 is 0 Å². The lowest BCUT2D eigenvalue weighted by Gasteiger charge is -2.45. The Morgan fingerprint density at radius 2 is 1.55 bits per heavy atom. The fourth-order valence-corrected chi connectivity index (χ4v) is 9.69. The van der Waals surface area contributed by atoms with Crippen molar-refractivity contribution in [3.8, 4) is 0 Å². The van der Waals surface area contributed by atoms with Gasteiger partial charge in [-0.2, -0.15) is 0 Å². The first-order chi connectivity index (χ1) is 13.6. The van der Waals surface area contributed by atoms with Gasteiger partial charge in [-0.25, -0.2) is 9.59 Å². The lowest BCUT2D eigenvalue weighted by molar-refractivity contribution is -0.151. The van der Waals surface area contributed by atoms with Crippen molar-refractivity contribution in [1.29, 1.82) is 0 Å². The van der Waals surface area contributed by atoms with E-state index in [9.17, 15) is 9.59 Å². The van der Waals surface area contributed by atoms with Gasteiger partial charge >= 0.3 is 12.1 Å². The maximum absolute atomic E-state index is 12.9. The maximum atomic E-state index is 12.9. The molecule has 1 N–H and O–H groups in total. The Labute approximate surface area is 175 Å². The Kier molecular flexibility index (Phi) is 9.78. The predicted octanol–water partition coefficient (Wildman–Crippen LogP) is 4.60. The van der Waals surface area contributed by atoms with E-state index >= 15 is 0 Å². The summed E-state index contributed by atoms with van der Waals surface area (Å²) in [5, 5.41) is 2.80. The zero-order chi connectivity index (χ0) is 22.2. The number of aromatic nitrogens is 1. The van der Waals surface area contributed by atoms with E-state index in [1.807, 2.05) is 0 Å². The van der Waals surface area contributed by atoms with Crippen LogP contribution in [-0.2, 0) is 18.7 Å². The van der Waals surface area contributed by atoms with Crippen molar-refractivity contribution in [1.82, 2.24) is 10.3 Å². The third kappa shape index (κ3) is 6.02. The molecule has 0 saturated carbocycles. The van der Waals surface area contributed by atoms with Crippen LogP contribution < -0.4 is 5.32 Å². The van der Waals surface area contributed by atoms with Gasteiger partial charge in [-0.1, -0.05) is 41.5 Å². The maximum Gasteiger partial charge on any atom is 0.407 e. The highest BCUT2D eigenvalue weighted by atomic mass is 28.4. The molecule has 1 heterocycles. The van der Waals surface area contributed by atoms with Crippen LogP contribution in [0.5, 0.6) is 0 Å². The highest BCUT2D eigenvalue weighted by Crippen LogP contribution is 2.44. The average molecular weight is 425 g/mol. The number of amides is 1. The van der Waals surface area contributed by atoms with E-state index in [1.165, 1.54) is 7.11 Å². The van der Waals surface area contributed by atoms with E-state index in [1.54, 1.807) is 31.5 Å². The van der Waals surface area contributed by atoms with Crippen LogP contribution in [0.3, 0.4) is 0 Å². The number of nitrogens with zero attached hydrogens (tertiary/aromatic N) is 1. The van der Waals surface area contributed by atoms with Crippen molar-refractivity contribution in [2.45, 2.75) is 77.2 Å². The summed E-state index contributed by atoms with van der Waals surface area (Å²) in [6.07, 6.45) is 1.62. The van der Waals surface area contributed by atoms with Crippen LogP contribution in [0.15, 0.2) is 24.5 Å². The zero-order valence-electron chi connectivity index (χ0n) is 18.9. The number of nitrogens with one attached hydrogen (secondary N) is 1. The molecular weight excluding hydrogens is 388 g/mol. The molecule has 0 aliphatic heterocycles. The highest BCUT2D eigenvalue weighted by Gasteiger charge is 2.50. The minimum absolute atomic E-state index is 0.224. The average Bonchev–Trinajstić information content (AvgIpc) is 2.67. The van der Waals surface area contributed by atoms with E-state index in [2.05, 4.69) is 51.8 Å². The van der Waals surface area contributed by atoms with Gasteiger partial charge in [0, 0.05) is 12.4 Å². The topological polar surface area (TPSA) is 86.8 Å². The summed E-state index contributed by atoms with van der Waals surface area (Å²) < 4.78 is 16.9. The number of pyridine rings is 1. The van der Waals surface area contributed by atoms with Crippen LogP contribution in [0.25, 0.3) is 0 Å². The van der Waals surface area contributed by atoms with Crippen molar-refractivity contribution >= 4 is 20.4 Å². The smallest absolute Gasteiger partial charge is 0.407 e. The Hall–Kier alpha value is -1.93. The molecule has 8 heteroatoms. The SMILES string of the molecule is CCOC(=O)N[C@@H](c1ccncc1)[C@@H](O[Si](C(C)C)(C(C)C)C(C)C)C(=O)OC. The Morgan fingerprint density at radius 1 is 1.03 bits per heavy atom. The summed E-state index contributed by atoms with van der Waals surface area (Å²) in [7, 11) is -1.11. The number of esters is 1. The molecule has 7 nitrogen and oxygen atoms in total. The van der Waals surface area contributed by atoms with Crippen molar-refractivity contribution in [2.24, 2.45) is 0 Å². The third-order valence-corrected chi connectivity index (χ3v) is 11.5. The van der Waals surface area contributed by atoms with E-state index in [-0.39, 0.29) is 23.2 Å². The number of hydrogen-bond donors (Lipinski definition) is 1. The molecule has 0 aliphatic rings. The second-order valence-corrected chi connectivity index (χ2v) is 13.4. The van der Waals surface area contributed by atoms with Crippen LogP contribution in [-0.4, -0.2) is 45.2 Å². The summed E-state index contributed by atoms with van der Waals surface area (Å²) in [5.74, 6) is -0.526. The predicted molar refractivity (Wildman–Crippen MR) is 115 cm³/mol. The highest BCUT2D eigenvalue weighted by molar-refractivity contribution is 6.77. The Bertz CT molecular complexity index is 630. The van der Waals surface area contributed by atoms with E-state index in [4.69, 9.17) is 13.9 Å². The molecule has 164 valence electrons. The van der Waals surface area contributed by atoms with Gasteiger partial charge in [0.2, 0.25) is 8.32 Å². The van der Waals surface area contributed by atoms with E-state index < -0.39 is 32.5 Å². The summed E-state index contributed by atoms with van der Waals surface area (Å²) in [4.78, 5) is 29.2. The first-order valence-corrected chi connectivity index (χ1v) is 12.3. The number of carbonyl (C=O) groups is 2. The summed E-state index contributed by atoms with van der Waals surface area (Å²) in [6.45, 7) is 14.8. The monoisotopic (exact) mass is 424 g/mol. The lowest BCUT2D eigenvalue weighted by Crippen LogP contribution is -2.55. The zero-order valence-corrected chi connectivity index (χ0v) is 19.9. The number of hydrogen-bond acceptors (Lipinski definition) is 6. The van der Waals surface area contributed by atoms with Crippen molar-refractivity contribution < 1.29 is 23.5 Å². The molecule has 29 heavy (non-hydrogen) atoms. The van der Waals surface area contributed by atoms with Gasteiger partial charge < -0.3 is 19.2 Å². The van der Waals surface area contributed by atoms with E-state index in [0.717, 1.165) is 0 Å². The molecule has 1 aromatic rings. The van der Waals surface area contributed by atoms with Crippen molar-refractivity contribution in [3.05, 3.63) is 30.1 Å². The number of ether oxygens (including phenoxy) is 2. The van der Waals surface area contributed by atoms with Gasteiger partial charge in [0.1, 0.15) is 0 Å². The molecule has 0 radical (unpaired) electrons. The summed E-state index contributed by atoms with van der Waals surface area (Å²) in [6, 6.07) is 2.74. The second-order valence-electron chi connectivity index (χ2n) is 8.00. The molecular formula is C21H36N2O5Si. The van der Waals surface area contributed by atoms with Crippen LogP contribution in [0.1, 0.15) is 60.1 Å². The molecule has 0 fully saturated rings. The summed E-state index contributed by atoms with van der Waals surface area (Å²) >= 11 is 0. The molecule has 0 bridgehead atoms. The second kappa shape index (κ2) is 11.3. The molecule has 0 spiro atoms. The first kappa shape index (κ1) is 25.1. The van der Waals surface area contributed by atoms with Gasteiger partial charge in [0.05, 0.1) is 19.8 Å². The van der Waals surface area contributed by atoms with Gasteiger partial charge in [0.15, 0.2) is 6.10 Å². The Balaban J connectivity index is 3.49. The number of rotatable bonds is 10. The molecule has 1 rings (SSSR count). The van der Waals surface area contributed by atoms with Gasteiger partial charge in [-0.3, -0.25) is 4.98 Å². The summed E-state index contributed by atoms with van der Waals surface area (Å²) in [5.41, 5.74) is 1.48. The molecule has 0 saturated heterocycles. The molecule has 0 aliphatic carbocycles.